The third-order valence-corrected chi connectivity index (χ3v) is 2.83. The van der Waals surface area contributed by atoms with Crippen molar-refractivity contribution in [2.75, 3.05) is 0 Å². The van der Waals surface area contributed by atoms with Gasteiger partial charge in [-0.2, -0.15) is 0 Å². The van der Waals surface area contributed by atoms with Crippen molar-refractivity contribution in [3.8, 4) is 0 Å². The van der Waals surface area contributed by atoms with E-state index in [0.29, 0.717) is 0 Å². The Kier molecular flexibility index (Phi) is 3.28. The third-order valence-electron chi connectivity index (χ3n) is 2.83. The Hall–Kier alpha value is -2.36. The van der Waals surface area contributed by atoms with Crippen molar-refractivity contribution in [3.63, 3.8) is 0 Å². The summed E-state index contributed by atoms with van der Waals surface area (Å²) in [6.45, 7) is 1.77. The van der Waals surface area contributed by atoms with Gasteiger partial charge in [0.05, 0.1) is 6.04 Å². The molecular weight excluding hydrogens is 230 g/mol. The molecular formula is C14H13NO3. The number of aliphatic carboxylic acids is 1. The van der Waals surface area contributed by atoms with Crippen LogP contribution >= 0.6 is 0 Å². The van der Waals surface area contributed by atoms with Gasteiger partial charge in [0.25, 0.3) is 0 Å². The number of hydrogen-bond donors (Lipinski definition) is 2. The van der Waals surface area contributed by atoms with Gasteiger partial charge >= 0.3 is 11.9 Å². The van der Waals surface area contributed by atoms with E-state index in [2.05, 4.69) is 5.32 Å². The number of rotatable bonds is 2. The zero-order chi connectivity index (χ0) is 13.1. The summed E-state index contributed by atoms with van der Waals surface area (Å²) in [6, 6.07) is 13.2. The summed E-state index contributed by atoms with van der Waals surface area (Å²) in [6.07, 6.45) is 0. The lowest BCUT2D eigenvalue weighted by Gasteiger charge is -2.15. The van der Waals surface area contributed by atoms with E-state index in [-0.39, 0.29) is 6.04 Å². The topological polar surface area (TPSA) is 66.4 Å². The summed E-state index contributed by atoms with van der Waals surface area (Å²) >= 11 is 0. The number of carboxylic acids is 1. The van der Waals surface area contributed by atoms with Crippen LogP contribution in [0.2, 0.25) is 0 Å². The zero-order valence-electron chi connectivity index (χ0n) is 9.88. The van der Waals surface area contributed by atoms with Gasteiger partial charge in [-0.25, -0.2) is 4.79 Å². The van der Waals surface area contributed by atoms with Crippen LogP contribution < -0.4 is 5.32 Å². The van der Waals surface area contributed by atoms with Gasteiger partial charge < -0.3 is 10.4 Å². The molecule has 0 bridgehead atoms. The van der Waals surface area contributed by atoms with Gasteiger partial charge in [0.1, 0.15) is 0 Å². The average Bonchev–Trinajstić information content (AvgIpc) is 2.37. The summed E-state index contributed by atoms with van der Waals surface area (Å²) in [5, 5.41) is 13.1. The van der Waals surface area contributed by atoms with E-state index in [1.165, 1.54) is 0 Å². The monoisotopic (exact) mass is 243 g/mol. The van der Waals surface area contributed by atoms with Crippen molar-refractivity contribution in [1.29, 1.82) is 0 Å². The molecule has 2 N–H and O–H groups in total. The number of hydrogen-bond acceptors (Lipinski definition) is 2. The van der Waals surface area contributed by atoms with Crippen LogP contribution in [0, 0.1) is 0 Å². The number of benzene rings is 2. The molecule has 0 unspecified atom stereocenters. The lowest BCUT2D eigenvalue weighted by molar-refractivity contribution is -0.150. The van der Waals surface area contributed by atoms with E-state index in [1.807, 2.05) is 42.5 Å². The normalized spacial score (nSPS) is 12.1. The molecule has 0 saturated carbocycles. The maximum absolute atomic E-state index is 11.2. The van der Waals surface area contributed by atoms with Gasteiger partial charge in [-0.05, 0) is 23.3 Å². The van der Waals surface area contributed by atoms with Crippen LogP contribution in [-0.4, -0.2) is 17.0 Å². The highest BCUT2D eigenvalue weighted by Crippen LogP contribution is 2.23. The molecule has 92 valence electrons. The molecule has 4 nitrogen and oxygen atoms in total. The van der Waals surface area contributed by atoms with E-state index < -0.39 is 11.9 Å². The molecule has 0 spiro atoms. The number of nitrogens with one attached hydrogen (secondary N) is 1. The van der Waals surface area contributed by atoms with Crippen LogP contribution in [0.1, 0.15) is 18.5 Å². The molecule has 0 aromatic heterocycles. The molecule has 0 aliphatic carbocycles. The molecule has 2 aromatic rings. The number of amides is 1. The van der Waals surface area contributed by atoms with Gasteiger partial charge in [-0.15, -0.1) is 0 Å². The fourth-order valence-corrected chi connectivity index (χ4v) is 1.96. The van der Waals surface area contributed by atoms with Crippen LogP contribution in [0.3, 0.4) is 0 Å². The first-order valence-electron chi connectivity index (χ1n) is 5.61. The summed E-state index contributed by atoms with van der Waals surface area (Å²) in [5.74, 6) is -2.46. The van der Waals surface area contributed by atoms with Gasteiger partial charge in [0.15, 0.2) is 0 Å². The van der Waals surface area contributed by atoms with Crippen molar-refractivity contribution < 1.29 is 14.7 Å². The summed E-state index contributed by atoms with van der Waals surface area (Å²) in [7, 11) is 0. The Morgan fingerprint density at radius 3 is 2.50 bits per heavy atom. The first-order chi connectivity index (χ1) is 8.59. The minimum absolute atomic E-state index is 0.348. The molecule has 2 aromatic carbocycles. The largest absolute Gasteiger partial charge is 0.474 e. The third kappa shape index (κ3) is 2.32. The molecule has 1 amide bonds. The van der Waals surface area contributed by atoms with Gasteiger partial charge in [0.2, 0.25) is 0 Å². The van der Waals surface area contributed by atoms with E-state index in [0.717, 1.165) is 16.3 Å². The average molecular weight is 243 g/mol. The molecule has 0 radical (unpaired) electrons. The standard InChI is InChI=1S/C14H13NO3/c1-9(15-13(16)14(17)18)11-8-4-6-10-5-2-3-7-12(10)11/h2-9H,1H3,(H,15,16)(H,17,18)/t9-/m1/s1. The molecule has 0 heterocycles. The maximum Gasteiger partial charge on any atom is 0.394 e. The van der Waals surface area contributed by atoms with Crippen LogP contribution in [0.15, 0.2) is 42.5 Å². The SMILES string of the molecule is C[C@@H](NC(=O)C(=O)O)c1cccc2ccccc12. The van der Waals surface area contributed by atoms with Crippen LogP contribution in [-0.2, 0) is 9.59 Å². The second-order valence-corrected chi connectivity index (χ2v) is 4.07. The summed E-state index contributed by atoms with van der Waals surface area (Å²) in [4.78, 5) is 21.7. The van der Waals surface area contributed by atoms with Crippen molar-refractivity contribution in [2.24, 2.45) is 0 Å². The van der Waals surface area contributed by atoms with Crippen molar-refractivity contribution in [1.82, 2.24) is 5.32 Å². The Labute approximate surface area is 104 Å². The Morgan fingerprint density at radius 1 is 1.11 bits per heavy atom. The lowest BCUT2D eigenvalue weighted by atomic mass is 10.00. The maximum atomic E-state index is 11.2. The zero-order valence-corrected chi connectivity index (χ0v) is 9.88. The van der Waals surface area contributed by atoms with Crippen molar-refractivity contribution in [2.45, 2.75) is 13.0 Å². The Morgan fingerprint density at radius 2 is 1.78 bits per heavy atom. The van der Waals surface area contributed by atoms with Gasteiger partial charge in [-0.3, -0.25) is 4.79 Å². The predicted molar refractivity (Wildman–Crippen MR) is 68.1 cm³/mol. The molecule has 0 saturated heterocycles. The fourth-order valence-electron chi connectivity index (χ4n) is 1.96. The van der Waals surface area contributed by atoms with Crippen molar-refractivity contribution in [3.05, 3.63) is 48.0 Å². The fraction of sp³-hybridized carbons (Fsp3) is 0.143. The molecule has 1 atom stereocenters. The smallest absolute Gasteiger partial charge is 0.394 e. The number of carbonyl (C=O) groups excluding carboxylic acids is 1. The van der Waals surface area contributed by atoms with E-state index in [1.54, 1.807) is 6.92 Å². The number of carbonyl (C=O) groups is 2. The van der Waals surface area contributed by atoms with Gasteiger partial charge in [0, 0.05) is 0 Å². The van der Waals surface area contributed by atoms with E-state index in [4.69, 9.17) is 5.11 Å². The lowest BCUT2D eigenvalue weighted by Crippen LogP contribution is -2.32. The van der Waals surface area contributed by atoms with Crippen LogP contribution in [0.5, 0.6) is 0 Å². The minimum atomic E-state index is -1.47. The van der Waals surface area contributed by atoms with E-state index in [9.17, 15) is 9.59 Å². The number of fused-ring (bicyclic) bond motifs is 1. The highest BCUT2D eigenvalue weighted by atomic mass is 16.4. The number of carboxylic acid groups (broad SMARTS) is 1. The quantitative estimate of drug-likeness (QED) is 0.794. The Bertz CT molecular complexity index is 602. The molecule has 0 aliphatic rings. The minimum Gasteiger partial charge on any atom is -0.474 e. The van der Waals surface area contributed by atoms with Crippen LogP contribution in [0.25, 0.3) is 10.8 Å². The molecule has 18 heavy (non-hydrogen) atoms. The highest BCUT2D eigenvalue weighted by molar-refractivity contribution is 6.31. The molecule has 2 rings (SSSR count). The first kappa shape index (κ1) is 12.1. The second kappa shape index (κ2) is 4.87. The molecule has 0 aliphatic heterocycles. The Balaban J connectivity index is 2.36. The van der Waals surface area contributed by atoms with Gasteiger partial charge in [-0.1, -0.05) is 42.5 Å². The molecule has 0 fully saturated rings. The first-order valence-corrected chi connectivity index (χ1v) is 5.61. The van der Waals surface area contributed by atoms with Crippen molar-refractivity contribution >= 4 is 22.6 Å². The predicted octanol–water partition coefficient (Wildman–Crippen LogP) is 2.10. The van der Waals surface area contributed by atoms with Crippen LogP contribution in [0.4, 0.5) is 0 Å². The highest BCUT2D eigenvalue weighted by Gasteiger charge is 2.16. The summed E-state index contributed by atoms with van der Waals surface area (Å²) in [5.41, 5.74) is 0.905. The summed E-state index contributed by atoms with van der Waals surface area (Å²) < 4.78 is 0. The second-order valence-electron chi connectivity index (χ2n) is 4.07. The molecule has 4 heteroatoms. The van der Waals surface area contributed by atoms with E-state index >= 15 is 0 Å².